The second-order valence-electron chi connectivity index (χ2n) is 4.91. The van der Waals surface area contributed by atoms with Crippen molar-refractivity contribution >= 4 is 22.6 Å². The number of carbonyl (C=O) groups excluding carboxylic acids is 1. The average molecular weight is 268 g/mol. The van der Waals surface area contributed by atoms with E-state index in [-0.39, 0.29) is 12.3 Å². The Labute approximate surface area is 115 Å². The molecule has 1 aliphatic rings. The van der Waals surface area contributed by atoms with Gasteiger partial charge in [0, 0.05) is 30.1 Å². The molecule has 2 heterocycles. The van der Waals surface area contributed by atoms with E-state index in [0.29, 0.717) is 17.8 Å². The van der Waals surface area contributed by atoms with Crippen LogP contribution in [0.1, 0.15) is 12.8 Å². The quantitative estimate of drug-likeness (QED) is 0.872. The number of carbonyl (C=O) groups is 1. The Morgan fingerprint density at radius 1 is 1.55 bits per heavy atom. The lowest BCUT2D eigenvalue weighted by molar-refractivity contribution is -0.126. The number of nitriles is 1. The van der Waals surface area contributed by atoms with E-state index in [4.69, 9.17) is 5.26 Å². The van der Waals surface area contributed by atoms with Gasteiger partial charge in [0.25, 0.3) is 5.91 Å². The maximum Gasteiger partial charge on any atom is 0.257 e. The van der Waals surface area contributed by atoms with Crippen LogP contribution in [-0.2, 0) is 4.79 Å². The minimum Gasteiger partial charge on any atom is -0.380 e. The number of hydrogen-bond acceptors (Lipinski definition) is 5. The molecule has 3 rings (SSSR count). The van der Waals surface area contributed by atoms with Gasteiger partial charge in [-0.15, -0.1) is 0 Å². The van der Waals surface area contributed by atoms with Crippen molar-refractivity contribution in [1.82, 2.24) is 9.97 Å². The van der Waals surface area contributed by atoms with Crippen LogP contribution in [0.5, 0.6) is 0 Å². The van der Waals surface area contributed by atoms with E-state index in [1.165, 1.54) is 0 Å². The van der Waals surface area contributed by atoms with Gasteiger partial charge < -0.3 is 10.4 Å². The third-order valence-electron chi connectivity index (χ3n) is 3.53. The number of hydrogen-bond donors (Lipinski definition) is 2. The molecule has 0 bridgehead atoms. The first-order valence-corrected chi connectivity index (χ1v) is 6.25. The van der Waals surface area contributed by atoms with E-state index in [9.17, 15) is 9.90 Å². The predicted molar refractivity (Wildman–Crippen MR) is 71.5 cm³/mol. The zero-order chi connectivity index (χ0) is 14.2. The zero-order valence-corrected chi connectivity index (χ0v) is 10.6. The van der Waals surface area contributed by atoms with Gasteiger partial charge in [-0.25, -0.2) is 4.98 Å². The molecule has 0 aromatic carbocycles. The van der Waals surface area contributed by atoms with Crippen LogP contribution in [-0.4, -0.2) is 26.6 Å². The van der Waals surface area contributed by atoms with Crippen LogP contribution in [0.3, 0.4) is 0 Å². The topological polar surface area (TPSA) is 98.9 Å². The van der Waals surface area contributed by atoms with Crippen LogP contribution < -0.4 is 5.32 Å². The monoisotopic (exact) mass is 268 g/mol. The first-order chi connectivity index (χ1) is 9.63. The molecule has 0 saturated heterocycles. The zero-order valence-electron chi connectivity index (χ0n) is 10.6. The van der Waals surface area contributed by atoms with Gasteiger partial charge in [-0.3, -0.25) is 9.78 Å². The molecule has 2 unspecified atom stereocenters. The standard InChI is InChI=1S/C14H12N4O2/c15-5-3-10-7-14(10,20)13(19)18-12-2-1-9-8-16-6-4-11(9)17-12/h1-2,4,6,8,10,20H,3,7H2,(H,17,18,19). The molecular weight excluding hydrogens is 256 g/mol. The minimum absolute atomic E-state index is 0.181. The van der Waals surface area contributed by atoms with E-state index in [1.54, 1.807) is 30.6 Å². The first kappa shape index (κ1) is 12.5. The maximum absolute atomic E-state index is 12.0. The van der Waals surface area contributed by atoms with Crippen molar-refractivity contribution in [2.45, 2.75) is 18.4 Å². The second kappa shape index (κ2) is 4.54. The largest absolute Gasteiger partial charge is 0.380 e. The summed E-state index contributed by atoms with van der Waals surface area (Å²) in [5.74, 6) is -0.402. The lowest BCUT2D eigenvalue weighted by atomic mass is 10.2. The van der Waals surface area contributed by atoms with Crippen LogP contribution >= 0.6 is 0 Å². The van der Waals surface area contributed by atoms with Crippen LogP contribution in [0, 0.1) is 17.2 Å². The fourth-order valence-electron chi connectivity index (χ4n) is 2.21. The molecule has 1 amide bonds. The van der Waals surface area contributed by atoms with Gasteiger partial charge in [0.2, 0.25) is 0 Å². The van der Waals surface area contributed by atoms with E-state index < -0.39 is 11.5 Å². The molecule has 100 valence electrons. The molecule has 1 fully saturated rings. The summed E-state index contributed by atoms with van der Waals surface area (Å²) in [5.41, 5.74) is -0.709. The molecule has 2 atom stereocenters. The van der Waals surface area contributed by atoms with Gasteiger partial charge in [-0.05, 0) is 24.6 Å². The van der Waals surface area contributed by atoms with Crippen LogP contribution in [0.25, 0.3) is 10.9 Å². The Kier molecular flexibility index (Phi) is 2.84. The smallest absolute Gasteiger partial charge is 0.257 e. The summed E-state index contributed by atoms with van der Waals surface area (Å²) in [6, 6.07) is 7.17. The summed E-state index contributed by atoms with van der Waals surface area (Å²) in [6.07, 6.45) is 3.81. The van der Waals surface area contributed by atoms with Gasteiger partial charge in [0.1, 0.15) is 11.4 Å². The highest BCUT2D eigenvalue weighted by Crippen LogP contribution is 2.46. The number of rotatable bonds is 3. The third kappa shape index (κ3) is 2.08. The minimum atomic E-state index is -1.43. The Hall–Kier alpha value is -2.52. The number of nitrogens with zero attached hydrogens (tertiary/aromatic N) is 3. The van der Waals surface area contributed by atoms with Gasteiger partial charge in [0.15, 0.2) is 0 Å². The number of amides is 1. The fourth-order valence-corrected chi connectivity index (χ4v) is 2.21. The molecule has 2 aromatic heterocycles. The van der Waals surface area contributed by atoms with Gasteiger partial charge in [-0.2, -0.15) is 5.26 Å². The SMILES string of the molecule is N#CCC1CC1(O)C(=O)Nc1ccc2cnccc2n1. The summed E-state index contributed by atoms with van der Waals surface area (Å²) in [7, 11) is 0. The predicted octanol–water partition coefficient (Wildman–Crippen LogP) is 1.23. The lowest BCUT2D eigenvalue weighted by Gasteiger charge is -2.10. The number of nitrogens with one attached hydrogen (secondary N) is 1. The first-order valence-electron chi connectivity index (χ1n) is 6.25. The fraction of sp³-hybridized carbons (Fsp3) is 0.286. The molecule has 0 radical (unpaired) electrons. The molecule has 6 heteroatoms. The Balaban J connectivity index is 1.77. The molecule has 6 nitrogen and oxygen atoms in total. The Morgan fingerprint density at radius 2 is 2.40 bits per heavy atom. The highest BCUT2D eigenvalue weighted by molar-refractivity contribution is 5.99. The van der Waals surface area contributed by atoms with Crippen molar-refractivity contribution in [2.24, 2.45) is 5.92 Å². The number of pyridine rings is 2. The Bertz CT molecular complexity index is 724. The molecule has 1 aliphatic carbocycles. The summed E-state index contributed by atoms with van der Waals surface area (Å²) >= 11 is 0. The Morgan fingerprint density at radius 3 is 3.20 bits per heavy atom. The number of aromatic nitrogens is 2. The molecular formula is C14H12N4O2. The van der Waals surface area contributed by atoms with Crippen molar-refractivity contribution in [1.29, 1.82) is 5.26 Å². The van der Waals surface area contributed by atoms with Crippen LogP contribution in [0.2, 0.25) is 0 Å². The molecule has 1 saturated carbocycles. The van der Waals surface area contributed by atoms with Crippen molar-refractivity contribution in [3.63, 3.8) is 0 Å². The summed E-state index contributed by atoms with van der Waals surface area (Å²) in [5, 5.41) is 22.1. The van der Waals surface area contributed by atoms with Crippen molar-refractivity contribution in [3.8, 4) is 6.07 Å². The van der Waals surface area contributed by atoms with Crippen LogP contribution in [0.4, 0.5) is 5.82 Å². The summed E-state index contributed by atoms with van der Waals surface area (Å²) in [4.78, 5) is 20.3. The maximum atomic E-state index is 12.0. The molecule has 20 heavy (non-hydrogen) atoms. The number of fused-ring (bicyclic) bond motifs is 1. The summed E-state index contributed by atoms with van der Waals surface area (Å²) in [6.45, 7) is 0. The van der Waals surface area contributed by atoms with E-state index in [1.807, 2.05) is 6.07 Å². The van der Waals surface area contributed by atoms with E-state index >= 15 is 0 Å². The van der Waals surface area contributed by atoms with E-state index in [0.717, 1.165) is 5.39 Å². The van der Waals surface area contributed by atoms with Crippen molar-refractivity contribution in [2.75, 3.05) is 5.32 Å². The molecule has 2 N–H and O–H groups in total. The van der Waals surface area contributed by atoms with E-state index in [2.05, 4.69) is 15.3 Å². The van der Waals surface area contributed by atoms with Gasteiger partial charge >= 0.3 is 0 Å². The summed E-state index contributed by atoms with van der Waals surface area (Å²) < 4.78 is 0. The highest BCUT2D eigenvalue weighted by Gasteiger charge is 2.58. The number of aliphatic hydroxyl groups is 1. The normalized spacial score (nSPS) is 24.1. The third-order valence-corrected chi connectivity index (χ3v) is 3.53. The molecule has 2 aromatic rings. The van der Waals surface area contributed by atoms with Crippen molar-refractivity contribution < 1.29 is 9.90 Å². The van der Waals surface area contributed by atoms with Crippen LogP contribution in [0.15, 0.2) is 30.6 Å². The van der Waals surface area contributed by atoms with Crippen molar-refractivity contribution in [3.05, 3.63) is 30.6 Å². The van der Waals surface area contributed by atoms with Gasteiger partial charge in [0.05, 0.1) is 11.6 Å². The van der Waals surface area contributed by atoms with Gasteiger partial charge in [-0.1, -0.05) is 0 Å². The molecule has 0 spiro atoms. The second-order valence-corrected chi connectivity index (χ2v) is 4.91. The molecule has 0 aliphatic heterocycles. The highest BCUT2D eigenvalue weighted by atomic mass is 16.3. The average Bonchev–Trinajstić information content (AvgIpc) is 3.11. The number of anilines is 1. The lowest BCUT2D eigenvalue weighted by Crippen LogP contribution is -2.31.